The lowest BCUT2D eigenvalue weighted by atomic mass is 10.3. The molecule has 0 aliphatic heterocycles. The van der Waals surface area contributed by atoms with E-state index in [1.165, 1.54) is 0 Å². The Kier molecular flexibility index (Phi) is 5.95. The van der Waals surface area contributed by atoms with E-state index in [1.54, 1.807) is 0 Å². The van der Waals surface area contributed by atoms with Crippen LogP contribution in [0.1, 0.15) is 25.2 Å². The first-order valence-electron chi connectivity index (χ1n) is 6.21. The minimum Gasteiger partial charge on any atom is -0.310 e. The van der Waals surface area contributed by atoms with Crippen LogP contribution in [0, 0.1) is 6.92 Å². The molecule has 0 atom stereocenters. The van der Waals surface area contributed by atoms with Crippen molar-refractivity contribution in [2.45, 2.75) is 27.3 Å². The van der Waals surface area contributed by atoms with Crippen molar-refractivity contribution in [1.29, 1.82) is 0 Å². The second-order valence-corrected chi connectivity index (χ2v) is 4.55. The third-order valence-corrected chi connectivity index (χ3v) is 3.54. The summed E-state index contributed by atoms with van der Waals surface area (Å²) in [5.74, 6) is 0. The topological polar surface area (TPSA) is 33.1 Å². The Morgan fingerprint density at radius 3 is 2.47 bits per heavy atom. The van der Waals surface area contributed by atoms with Crippen LogP contribution in [0.2, 0.25) is 5.02 Å². The predicted molar refractivity (Wildman–Crippen MR) is 72.4 cm³/mol. The molecular weight excluding hydrogens is 236 g/mol. The zero-order valence-corrected chi connectivity index (χ0v) is 12.0. The van der Waals surface area contributed by atoms with Gasteiger partial charge in [0.2, 0.25) is 0 Å². The fourth-order valence-corrected chi connectivity index (χ4v) is 2.08. The molecule has 0 saturated carbocycles. The summed E-state index contributed by atoms with van der Waals surface area (Å²) in [5.41, 5.74) is 1.96. The monoisotopic (exact) mass is 258 g/mol. The average molecular weight is 259 g/mol. The average Bonchev–Trinajstić information content (AvgIpc) is 2.55. The SMILES string of the molecule is CCN(CC)CCNCc1c(Cl)c(C)nn1C. The Bertz CT molecular complexity index is 345. The van der Waals surface area contributed by atoms with Crippen molar-refractivity contribution in [3.8, 4) is 0 Å². The predicted octanol–water partition coefficient (Wildman–Crippen LogP) is 1.81. The summed E-state index contributed by atoms with van der Waals surface area (Å²) in [6, 6.07) is 0. The lowest BCUT2D eigenvalue weighted by Crippen LogP contribution is -2.32. The molecule has 5 heteroatoms. The van der Waals surface area contributed by atoms with E-state index in [9.17, 15) is 0 Å². The van der Waals surface area contributed by atoms with Gasteiger partial charge >= 0.3 is 0 Å². The van der Waals surface area contributed by atoms with Gasteiger partial charge in [-0.05, 0) is 20.0 Å². The molecule has 1 N–H and O–H groups in total. The highest BCUT2D eigenvalue weighted by Gasteiger charge is 2.10. The molecule has 0 aromatic carbocycles. The van der Waals surface area contributed by atoms with E-state index in [0.29, 0.717) is 0 Å². The maximum absolute atomic E-state index is 6.18. The Morgan fingerprint density at radius 1 is 1.35 bits per heavy atom. The zero-order chi connectivity index (χ0) is 12.8. The first-order valence-corrected chi connectivity index (χ1v) is 6.58. The molecule has 0 bridgehead atoms. The van der Waals surface area contributed by atoms with Gasteiger partial charge in [-0.1, -0.05) is 25.4 Å². The highest BCUT2D eigenvalue weighted by Crippen LogP contribution is 2.18. The van der Waals surface area contributed by atoms with E-state index < -0.39 is 0 Å². The number of nitrogens with one attached hydrogen (secondary N) is 1. The fraction of sp³-hybridized carbons (Fsp3) is 0.750. The molecule has 0 fully saturated rings. The smallest absolute Gasteiger partial charge is 0.0860 e. The number of halogens is 1. The summed E-state index contributed by atoms with van der Waals surface area (Å²) in [6.07, 6.45) is 0. The summed E-state index contributed by atoms with van der Waals surface area (Å²) >= 11 is 6.18. The van der Waals surface area contributed by atoms with Crippen molar-refractivity contribution in [2.75, 3.05) is 26.2 Å². The van der Waals surface area contributed by atoms with Gasteiger partial charge in [0.15, 0.2) is 0 Å². The minimum atomic E-state index is 0.775. The summed E-state index contributed by atoms with van der Waals surface area (Å²) in [6.45, 7) is 11.3. The number of hydrogen-bond acceptors (Lipinski definition) is 3. The Hall–Kier alpha value is -0.580. The first kappa shape index (κ1) is 14.5. The normalized spacial score (nSPS) is 11.4. The highest BCUT2D eigenvalue weighted by atomic mass is 35.5. The summed E-state index contributed by atoms with van der Waals surface area (Å²) < 4.78 is 1.85. The van der Waals surface area contributed by atoms with E-state index in [4.69, 9.17) is 11.6 Å². The van der Waals surface area contributed by atoms with Crippen LogP contribution >= 0.6 is 11.6 Å². The number of aryl methyl sites for hydroxylation is 2. The van der Waals surface area contributed by atoms with Gasteiger partial charge in [0, 0.05) is 26.7 Å². The molecule has 0 spiro atoms. The molecule has 0 aliphatic rings. The minimum absolute atomic E-state index is 0.775. The molecule has 17 heavy (non-hydrogen) atoms. The largest absolute Gasteiger partial charge is 0.310 e. The van der Waals surface area contributed by atoms with Crippen LogP contribution in [0.5, 0.6) is 0 Å². The number of rotatable bonds is 7. The van der Waals surface area contributed by atoms with Crippen LogP contribution in [0.15, 0.2) is 0 Å². The molecule has 1 heterocycles. The van der Waals surface area contributed by atoms with Gasteiger partial charge in [-0.25, -0.2) is 0 Å². The van der Waals surface area contributed by atoms with Gasteiger partial charge < -0.3 is 10.2 Å². The van der Waals surface area contributed by atoms with Crippen LogP contribution in [0.3, 0.4) is 0 Å². The Morgan fingerprint density at radius 2 is 2.00 bits per heavy atom. The van der Waals surface area contributed by atoms with Crippen molar-refractivity contribution in [3.63, 3.8) is 0 Å². The summed E-state index contributed by atoms with van der Waals surface area (Å²) in [7, 11) is 1.93. The summed E-state index contributed by atoms with van der Waals surface area (Å²) in [4.78, 5) is 2.39. The molecule has 1 aromatic heterocycles. The lowest BCUT2D eigenvalue weighted by Gasteiger charge is -2.18. The lowest BCUT2D eigenvalue weighted by molar-refractivity contribution is 0.301. The van der Waals surface area contributed by atoms with Crippen molar-refractivity contribution in [2.24, 2.45) is 7.05 Å². The molecule has 98 valence electrons. The van der Waals surface area contributed by atoms with Crippen LogP contribution in [-0.4, -0.2) is 40.9 Å². The maximum Gasteiger partial charge on any atom is 0.0860 e. The molecule has 0 amide bonds. The van der Waals surface area contributed by atoms with Gasteiger partial charge in [-0.2, -0.15) is 5.10 Å². The number of hydrogen-bond donors (Lipinski definition) is 1. The van der Waals surface area contributed by atoms with Crippen molar-refractivity contribution < 1.29 is 0 Å². The molecule has 0 aliphatic carbocycles. The van der Waals surface area contributed by atoms with E-state index in [1.807, 2.05) is 18.7 Å². The number of nitrogens with zero attached hydrogens (tertiary/aromatic N) is 3. The van der Waals surface area contributed by atoms with Gasteiger partial charge in [0.25, 0.3) is 0 Å². The van der Waals surface area contributed by atoms with Gasteiger partial charge in [0.1, 0.15) is 0 Å². The van der Waals surface area contributed by atoms with Crippen LogP contribution < -0.4 is 5.32 Å². The van der Waals surface area contributed by atoms with Gasteiger partial charge in [0.05, 0.1) is 16.4 Å². The number of likely N-dealkylation sites (N-methyl/N-ethyl adjacent to an activating group) is 1. The van der Waals surface area contributed by atoms with Gasteiger partial charge in [-0.3, -0.25) is 4.68 Å². The third-order valence-electron chi connectivity index (χ3n) is 3.05. The zero-order valence-electron chi connectivity index (χ0n) is 11.3. The van der Waals surface area contributed by atoms with E-state index in [0.717, 1.165) is 49.1 Å². The Balaban J connectivity index is 2.36. The van der Waals surface area contributed by atoms with Crippen LogP contribution in [0.25, 0.3) is 0 Å². The van der Waals surface area contributed by atoms with Crippen LogP contribution in [-0.2, 0) is 13.6 Å². The summed E-state index contributed by atoms with van der Waals surface area (Å²) in [5, 5.41) is 8.48. The molecule has 0 unspecified atom stereocenters. The van der Waals surface area contributed by atoms with E-state index in [2.05, 4.69) is 29.2 Å². The number of aromatic nitrogens is 2. The molecule has 1 rings (SSSR count). The molecular formula is C12H23ClN4. The quantitative estimate of drug-likeness (QED) is 0.758. The maximum atomic E-state index is 6.18. The van der Waals surface area contributed by atoms with Gasteiger partial charge in [-0.15, -0.1) is 0 Å². The van der Waals surface area contributed by atoms with Crippen LogP contribution in [0.4, 0.5) is 0 Å². The van der Waals surface area contributed by atoms with Crippen molar-refractivity contribution in [1.82, 2.24) is 20.0 Å². The van der Waals surface area contributed by atoms with Crippen molar-refractivity contribution >= 4 is 11.6 Å². The van der Waals surface area contributed by atoms with E-state index >= 15 is 0 Å². The molecule has 0 saturated heterocycles. The second-order valence-electron chi connectivity index (χ2n) is 4.17. The fourth-order valence-electron chi connectivity index (χ4n) is 1.86. The van der Waals surface area contributed by atoms with Crippen molar-refractivity contribution in [3.05, 3.63) is 16.4 Å². The molecule has 4 nitrogen and oxygen atoms in total. The Labute approximate surface area is 109 Å². The second kappa shape index (κ2) is 6.99. The standard InChI is InChI=1S/C12H23ClN4/c1-5-17(6-2)8-7-14-9-11-12(13)10(3)15-16(11)4/h14H,5-9H2,1-4H3. The van der Waals surface area contributed by atoms with E-state index in [-0.39, 0.29) is 0 Å². The third kappa shape index (κ3) is 3.98. The highest BCUT2D eigenvalue weighted by molar-refractivity contribution is 6.31. The molecule has 1 aromatic rings. The molecule has 0 radical (unpaired) electrons. The first-order chi connectivity index (χ1) is 8.10.